The third-order valence-corrected chi connectivity index (χ3v) is 6.36. The Morgan fingerprint density at radius 2 is 1.71 bits per heavy atom. The first-order valence-electron chi connectivity index (χ1n) is 11.2. The summed E-state index contributed by atoms with van der Waals surface area (Å²) >= 11 is 0. The number of piperidine rings is 1. The Morgan fingerprint density at radius 3 is 2.48 bits per heavy atom. The lowest BCUT2D eigenvalue weighted by Gasteiger charge is -2.33. The maximum Gasteiger partial charge on any atom is 0.136 e. The number of nitrogens with one attached hydrogen (secondary N) is 1. The van der Waals surface area contributed by atoms with E-state index in [0.717, 1.165) is 66.5 Å². The third kappa shape index (κ3) is 4.05. The molecule has 0 bridgehead atoms. The van der Waals surface area contributed by atoms with Crippen molar-refractivity contribution in [1.82, 2.24) is 19.9 Å². The monoisotopic (exact) mass is 411 g/mol. The van der Waals surface area contributed by atoms with E-state index in [2.05, 4.69) is 77.2 Å². The second kappa shape index (κ2) is 8.14. The van der Waals surface area contributed by atoms with Gasteiger partial charge in [0.15, 0.2) is 0 Å². The predicted octanol–water partition coefficient (Wildman–Crippen LogP) is 5.25. The lowest BCUT2D eigenvalue weighted by atomic mass is 9.95. The molecule has 158 valence electrons. The minimum atomic E-state index is 0.463. The van der Waals surface area contributed by atoms with E-state index in [0.29, 0.717) is 5.92 Å². The molecular weight excluding hydrogens is 382 g/mol. The second-order valence-corrected chi connectivity index (χ2v) is 8.72. The van der Waals surface area contributed by atoms with Gasteiger partial charge in [-0.1, -0.05) is 36.4 Å². The number of nitrogens with zero attached hydrogens (tertiary/aromatic N) is 4. The summed E-state index contributed by atoms with van der Waals surface area (Å²) < 4.78 is 0. The quantitative estimate of drug-likeness (QED) is 0.498. The molecule has 0 spiro atoms. The summed E-state index contributed by atoms with van der Waals surface area (Å²) in [6.07, 6.45) is 3.02. The van der Waals surface area contributed by atoms with Gasteiger partial charge in [-0.25, -0.2) is 15.0 Å². The molecule has 1 saturated heterocycles. The number of hydrogen-bond donors (Lipinski definition) is 1. The van der Waals surface area contributed by atoms with Gasteiger partial charge in [0.1, 0.15) is 17.5 Å². The lowest BCUT2D eigenvalue weighted by Crippen LogP contribution is -2.35. The van der Waals surface area contributed by atoms with Crippen molar-refractivity contribution in [2.45, 2.75) is 46.0 Å². The Balaban J connectivity index is 1.37. The molecule has 3 heterocycles. The van der Waals surface area contributed by atoms with Crippen molar-refractivity contribution in [1.29, 1.82) is 0 Å². The van der Waals surface area contributed by atoms with Gasteiger partial charge in [0, 0.05) is 36.7 Å². The molecule has 5 rings (SSSR count). The highest BCUT2D eigenvalue weighted by molar-refractivity contribution is 5.75. The number of fused-ring (bicyclic) bond motifs is 1. The van der Waals surface area contributed by atoms with E-state index >= 15 is 0 Å². The highest BCUT2D eigenvalue weighted by Gasteiger charge is 2.26. The van der Waals surface area contributed by atoms with Gasteiger partial charge in [0.2, 0.25) is 0 Å². The molecule has 0 unspecified atom stereocenters. The maximum absolute atomic E-state index is 4.89. The molecule has 0 saturated carbocycles. The van der Waals surface area contributed by atoms with Crippen molar-refractivity contribution < 1.29 is 0 Å². The molecule has 0 amide bonds. The van der Waals surface area contributed by atoms with Gasteiger partial charge in [-0.05, 0) is 56.9 Å². The summed E-state index contributed by atoms with van der Waals surface area (Å²) in [7, 11) is 0. The number of H-pyrrole nitrogens is 1. The van der Waals surface area contributed by atoms with E-state index in [-0.39, 0.29) is 0 Å². The molecule has 0 aliphatic carbocycles. The zero-order valence-corrected chi connectivity index (χ0v) is 18.5. The molecule has 2 aromatic heterocycles. The summed E-state index contributed by atoms with van der Waals surface area (Å²) in [5.41, 5.74) is 7.10. The Bertz CT molecular complexity index is 1200. The van der Waals surface area contributed by atoms with Crippen LogP contribution < -0.4 is 4.90 Å². The maximum atomic E-state index is 4.89. The first-order chi connectivity index (χ1) is 15.1. The van der Waals surface area contributed by atoms with Crippen molar-refractivity contribution >= 4 is 16.9 Å². The fraction of sp³-hybridized carbons (Fsp3) is 0.346. The Labute approximate surface area is 183 Å². The van der Waals surface area contributed by atoms with Gasteiger partial charge in [-0.3, -0.25) is 0 Å². The van der Waals surface area contributed by atoms with Crippen molar-refractivity contribution in [3.63, 3.8) is 0 Å². The molecule has 1 N–H and O–H groups in total. The van der Waals surface area contributed by atoms with E-state index in [1.165, 1.54) is 16.7 Å². The van der Waals surface area contributed by atoms with Crippen molar-refractivity contribution in [2.75, 3.05) is 18.0 Å². The second-order valence-electron chi connectivity index (χ2n) is 8.72. The van der Waals surface area contributed by atoms with E-state index in [4.69, 9.17) is 9.97 Å². The van der Waals surface area contributed by atoms with E-state index in [1.807, 2.05) is 6.92 Å². The average molecular weight is 412 g/mol. The van der Waals surface area contributed by atoms with Gasteiger partial charge in [0.25, 0.3) is 0 Å². The van der Waals surface area contributed by atoms with Gasteiger partial charge in [0.05, 0.1) is 11.0 Å². The van der Waals surface area contributed by atoms with Crippen LogP contribution >= 0.6 is 0 Å². The number of aromatic nitrogens is 4. The molecule has 5 nitrogen and oxygen atoms in total. The van der Waals surface area contributed by atoms with Crippen LogP contribution in [0.4, 0.5) is 5.82 Å². The van der Waals surface area contributed by atoms with Crippen LogP contribution in [0.3, 0.4) is 0 Å². The van der Waals surface area contributed by atoms with Crippen LogP contribution in [0.5, 0.6) is 0 Å². The third-order valence-electron chi connectivity index (χ3n) is 6.36. The molecule has 0 atom stereocenters. The number of hydrogen-bond acceptors (Lipinski definition) is 4. The van der Waals surface area contributed by atoms with Gasteiger partial charge >= 0.3 is 0 Å². The summed E-state index contributed by atoms with van der Waals surface area (Å²) in [4.78, 5) is 20.4. The van der Waals surface area contributed by atoms with Crippen LogP contribution in [0.25, 0.3) is 11.0 Å². The predicted molar refractivity (Wildman–Crippen MR) is 126 cm³/mol. The molecule has 1 aliphatic heterocycles. The smallest absolute Gasteiger partial charge is 0.136 e. The first-order valence-corrected chi connectivity index (χ1v) is 11.2. The normalized spacial score (nSPS) is 15.0. The number of aromatic amines is 1. The van der Waals surface area contributed by atoms with Gasteiger partial charge in [-0.15, -0.1) is 0 Å². The molecule has 1 aliphatic rings. The SMILES string of the molecule is Cc1ccc2nc(C3CCN(c4nc(C)nc(C)c4Cc4ccccc4)CC3)[nH]c2c1. The zero-order chi connectivity index (χ0) is 21.4. The molecule has 2 aromatic carbocycles. The van der Waals surface area contributed by atoms with E-state index < -0.39 is 0 Å². The molecule has 31 heavy (non-hydrogen) atoms. The van der Waals surface area contributed by atoms with Crippen molar-refractivity contribution in [2.24, 2.45) is 0 Å². The fourth-order valence-corrected chi connectivity index (χ4v) is 4.69. The highest BCUT2D eigenvalue weighted by Crippen LogP contribution is 2.32. The average Bonchev–Trinajstić information content (AvgIpc) is 3.19. The largest absolute Gasteiger partial charge is 0.356 e. The van der Waals surface area contributed by atoms with Crippen LogP contribution in [-0.2, 0) is 6.42 Å². The zero-order valence-electron chi connectivity index (χ0n) is 18.5. The van der Waals surface area contributed by atoms with Gasteiger partial charge < -0.3 is 9.88 Å². The topological polar surface area (TPSA) is 57.7 Å². The molecule has 0 radical (unpaired) electrons. The first kappa shape index (κ1) is 19.7. The summed E-state index contributed by atoms with van der Waals surface area (Å²) in [5, 5.41) is 0. The van der Waals surface area contributed by atoms with E-state index in [9.17, 15) is 0 Å². The standard InChI is InChI=1S/C26H29N5/c1-17-9-10-23-24(15-17)30-25(29-23)21-11-13-31(14-12-21)26-22(18(2)27-19(3)28-26)16-20-7-5-4-6-8-20/h4-10,15,21H,11-14,16H2,1-3H3,(H,29,30). The van der Waals surface area contributed by atoms with E-state index in [1.54, 1.807) is 0 Å². The Kier molecular flexibility index (Phi) is 5.18. The summed E-state index contributed by atoms with van der Waals surface area (Å²) in [6.45, 7) is 8.19. The number of aryl methyl sites for hydroxylation is 3. The number of rotatable bonds is 4. The molecule has 1 fully saturated rings. The van der Waals surface area contributed by atoms with Crippen LogP contribution in [0.1, 0.15) is 52.8 Å². The van der Waals surface area contributed by atoms with Crippen LogP contribution in [-0.4, -0.2) is 33.0 Å². The van der Waals surface area contributed by atoms with Gasteiger partial charge in [-0.2, -0.15) is 0 Å². The Hall–Kier alpha value is -3.21. The van der Waals surface area contributed by atoms with Crippen molar-refractivity contribution in [3.05, 3.63) is 82.6 Å². The highest BCUT2D eigenvalue weighted by atomic mass is 15.2. The lowest BCUT2D eigenvalue weighted by molar-refractivity contribution is 0.486. The Morgan fingerprint density at radius 1 is 0.935 bits per heavy atom. The number of imidazole rings is 1. The number of anilines is 1. The van der Waals surface area contributed by atoms with Crippen LogP contribution in [0.15, 0.2) is 48.5 Å². The van der Waals surface area contributed by atoms with Crippen molar-refractivity contribution in [3.8, 4) is 0 Å². The molecular formula is C26H29N5. The fourth-order valence-electron chi connectivity index (χ4n) is 4.69. The summed E-state index contributed by atoms with van der Waals surface area (Å²) in [5.74, 6) is 3.54. The summed E-state index contributed by atoms with van der Waals surface area (Å²) in [6, 6.07) is 17.0. The minimum absolute atomic E-state index is 0.463. The minimum Gasteiger partial charge on any atom is -0.356 e. The molecule has 5 heteroatoms. The van der Waals surface area contributed by atoms with Crippen LogP contribution in [0.2, 0.25) is 0 Å². The number of benzene rings is 2. The molecule has 4 aromatic rings. The van der Waals surface area contributed by atoms with Crippen LogP contribution in [0, 0.1) is 20.8 Å².